The molecular weight excluding hydrogens is 248 g/mol. The van der Waals surface area contributed by atoms with E-state index in [-0.39, 0.29) is 12.0 Å². The van der Waals surface area contributed by atoms with Crippen LogP contribution >= 0.6 is 11.3 Å². The van der Waals surface area contributed by atoms with E-state index in [0.717, 1.165) is 17.8 Å². The molecule has 0 spiro atoms. The van der Waals surface area contributed by atoms with Crippen LogP contribution in [-0.4, -0.2) is 30.1 Å². The second-order valence-corrected chi connectivity index (χ2v) is 5.64. The third kappa shape index (κ3) is 3.29. The van der Waals surface area contributed by atoms with Gasteiger partial charge in [0.2, 0.25) is 5.91 Å². The van der Waals surface area contributed by atoms with Crippen LogP contribution in [0.15, 0.2) is 0 Å². The first-order valence-corrected chi connectivity index (χ1v) is 7.39. The fourth-order valence-corrected chi connectivity index (χ4v) is 3.27. The van der Waals surface area contributed by atoms with Gasteiger partial charge in [0.1, 0.15) is 6.10 Å². The fourth-order valence-electron chi connectivity index (χ4n) is 2.11. The summed E-state index contributed by atoms with van der Waals surface area (Å²) in [6.07, 6.45) is 4.01. The highest BCUT2D eigenvalue weighted by atomic mass is 32.1. The summed E-state index contributed by atoms with van der Waals surface area (Å²) in [6.45, 7) is 4.87. The van der Waals surface area contributed by atoms with Gasteiger partial charge in [-0.2, -0.15) is 0 Å². The van der Waals surface area contributed by atoms with Crippen molar-refractivity contribution in [3.8, 4) is 0 Å². The summed E-state index contributed by atoms with van der Waals surface area (Å²) in [6, 6.07) is 0. The first kappa shape index (κ1) is 13.5. The van der Waals surface area contributed by atoms with Crippen LogP contribution in [0, 0.1) is 0 Å². The molecular formula is C13H20N2O2S. The zero-order valence-corrected chi connectivity index (χ0v) is 11.8. The summed E-state index contributed by atoms with van der Waals surface area (Å²) in [5.74, 6) is -0.0408. The van der Waals surface area contributed by atoms with Crippen molar-refractivity contribution in [2.45, 2.75) is 45.6 Å². The quantitative estimate of drug-likeness (QED) is 0.854. The van der Waals surface area contributed by atoms with Crippen molar-refractivity contribution in [2.24, 2.45) is 0 Å². The number of aromatic nitrogens is 1. The van der Waals surface area contributed by atoms with Crippen LogP contribution in [0.25, 0.3) is 0 Å². The maximum absolute atomic E-state index is 11.6. The highest BCUT2D eigenvalue weighted by molar-refractivity contribution is 7.11. The predicted octanol–water partition coefficient (Wildman–Crippen LogP) is 1.72. The largest absolute Gasteiger partial charge is 0.369 e. The summed E-state index contributed by atoms with van der Waals surface area (Å²) >= 11 is 1.80. The highest BCUT2D eigenvalue weighted by Crippen LogP contribution is 2.27. The van der Waals surface area contributed by atoms with Crippen LogP contribution in [0.4, 0.5) is 0 Å². The zero-order valence-electron chi connectivity index (χ0n) is 11.0. The normalized spacial score (nSPS) is 15.4. The Balaban J connectivity index is 1.73. The van der Waals surface area contributed by atoms with Gasteiger partial charge < -0.3 is 10.1 Å². The molecule has 0 saturated heterocycles. The molecule has 1 amide bonds. The van der Waals surface area contributed by atoms with E-state index in [0.29, 0.717) is 13.2 Å². The topological polar surface area (TPSA) is 51.2 Å². The molecule has 1 aliphatic carbocycles. The summed E-state index contributed by atoms with van der Waals surface area (Å²) in [5.41, 5.74) is 1.28. The van der Waals surface area contributed by atoms with Crippen molar-refractivity contribution in [2.75, 3.05) is 13.2 Å². The van der Waals surface area contributed by atoms with Gasteiger partial charge >= 0.3 is 0 Å². The maximum atomic E-state index is 11.6. The minimum atomic E-state index is -0.365. The number of hydrogen-bond donors (Lipinski definition) is 1. The molecule has 1 N–H and O–H groups in total. The van der Waals surface area contributed by atoms with Crippen molar-refractivity contribution >= 4 is 17.2 Å². The van der Waals surface area contributed by atoms with Gasteiger partial charge in [0.25, 0.3) is 0 Å². The fraction of sp³-hybridized carbons (Fsp3) is 0.692. The van der Waals surface area contributed by atoms with E-state index in [1.807, 2.05) is 6.92 Å². The van der Waals surface area contributed by atoms with Crippen molar-refractivity contribution in [1.29, 1.82) is 0 Å². The molecule has 18 heavy (non-hydrogen) atoms. The molecule has 0 radical (unpaired) electrons. The van der Waals surface area contributed by atoms with Gasteiger partial charge in [-0.3, -0.25) is 4.79 Å². The molecule has 0 aromatic carbocycles. The van der Waals surface area contributed by atoms with Gasteiger partial charge in [-0.25, -0.2) is 4.98 Å². The van der Waals surface area contributed by atoms with Crippen LogP contribution in [0.1, 0.15) is 35.8 Å². The Bertz CT molecular complexity index is 396. The van der Waals surface area contributed by atoms with E-state index in [1.54, 1.807) is 18.3 Å². The van der Waals surface area contributed by atoms with Gasteiger partial charge in [-0.1, -0.05) is 0 Å². The molecule has 0 bridgehead atoms. The Hall–Kier alpha value is -0.940. The second-order valence-electron chi connectivity index (χ2n) is 4.47. The third-order valence-corrected chi connectivity index (χ3v) is 4.28. The molecule has 0 fully saturated rings. The number of ether oxygens (including phenoxy) is 1. The number of fused-ring (bicyclic) bond motifs is 1. The van der Waals surface area contributed by atoms with Gasteiger partial charge in [-0.15, -0.1) is 11.3 Å². The van der Waals surface area contributed by atoms with Crippen LogP contribution in [0.5, 0.6) is 0 Å². The monoisotopic (exact) mass is 268 g/mol. The van der Waals surface area contributed by atoms with E-state index in [1.165, 1.54) is 23.4 Å². The number of amides is 1. The maximum Gasteiger partial charge on any atom is 0.248 e. The molecule has 1 heterocycles. The van der Waals surface area contributed by atoms with E-state index in [4.69, 9.17) is 4.74 Å². The first-order valence-electron chi connectivity index (χ1n) is 6.57. The van der Waals surface area contributed by atoms with Gasteiger partial charge in [0.05, 0.1) is 10.7 Å². The molecule has 0 saturated carbocycles. The Labute approximate surface area is 112 Å². The molecule has 0 unspecified atom stereocenters. The first-order chi connectivity index (χ1) is 8.70. The van der Waals surface area contributed by atoms with Gasteiger partial charge in [0, 0.05) is 24.4 Å². The molecule has 4 nitrogen and oxygen atoms in total. The van der Waals surface area contributed by atoms with E-state index in [9.17, 15) is 4.79 Å². The van der Waals surface area contributed by atoms with E-state index >= 15 is 0 Å². The van der Waals surface area contributed by atoms with E-state index < -0.39 is 0 Å². The number of rotatable bonds is 6. The molecule has 5 heteroatoms. The number of aryl methyl sites for hydroxylation is 2. The third-order valence-electron chi connectivity index (χ3n) is 3.06. The lowest BCUT2D eigenvalue weighted by atomic mass is 10.3. The predicted molar refractivity (Wildman–Crippen MR) is 71.9 cm³/mol. The second kappa shape index (κ2) is 6.29. The lowest BCUT2D eigenvalue weighted by molar-refractivity contribution is -0.131. The zero-order chi connectivity index (χ0) is 13.0. The molecule has 1 aromatic heterocycles. The minimum Gasteiger partial charge on any atom is -0.369 e. The van der Waals surface area contributed by atoms with Gasteiger partial charge in [-0.05, 0) is 33.1 Å². The summed E-state index contributed by atoms with van der Waals surface area (Å²) in [7, 11) is 0. The molecule has 100 valence electrons. The number of hydrogen-bond acceptors (Lipinski definition) is 4. The van der Waals surface area contributed by atoms with Crippen molar-refractivity contribution in [3.63, 3.8) is 0 Å². The molecule has 1 atom stereocenters. The highest BCUT2D eigenvalue weighted by Gasteiger charge is 2.17. The minimum absolute atomic E-state index is 0.0408. The number of thiazole rings is 1. The smallest absolute Gasteiger partial charge is 0.248 e. The lowest BCUT2D eigenvalue weighted by Gasteiger charge is -2.11. The molecule has 2 rings (SSSR count). The van der Waals surface area contributed by atoms with Crippen molar-refractivity contribution in [1.82, 2.24) is 10.3 Å². The average Bonchev–Trinajstić information content (AvgIpc) is 2.89. The summed E-state index contributed by atoms with van der Waals surface area (Å²) in [4.78, 5) is 17.7. The summed E-state index contributed by atoms with van der Waals surface area (Å²) in [5, 5.41) is 4.03. The number of nitrogens with one attached hydrogen (secondary N) is 1. The number of carbonyl (C=O) groups is 1. The average molecular weight is 268 g/mol. The molecule has 1 aliphatic rings. The van der Waals surface area contributed by atoms with Crippen LogP contribution in [-0.2, 0) is 28.8 Å². The van der Waals surface area contributed by atoms with Crippen LogP contribution < -0.4 is 5.32 Å². The van der Waals surface area contributed by atoms with Crippen molar-refractivity contribution in [3.05, 3.63) is 15.6 Å². The standard InChI is InChI=1S/C13H20N2O2S/c1-3-17-9(2)13(16)14-8-7-12-15-10-5-4-6-11(10)18-12/h9H,3-8H2,1-2H3,(H,14,16)/t9-/m0/s1. The van der Waals surface area contributed by atoms with Crippen LogP contribution in [0.3, 0.4) is 0 Å². The number of carbonyl (C=O) groups excluding carboxylic acids is 1. The number of nitrogens with zero attached hydrogens (tertiary/aromatic N) is 1. The molecule has 1 aromatic rings. The SMILES string of the molecule is CCO[C@@H](C)C(=O)NCCc1nc2c(s1)CCC2. The molecule has 0 aliphatic heterocycles. The van der Waals surface area contributed by atoms with Crippen molar-refractivity contribution < 1.29 is 9.53 Å². The van der Waals surface area contributed by atoms with E-state index in [2.05, 4.69) is 10.3 Å². The summed E-state index contributed by atoms with van der Waals surface area (Å²) < 4.78 is 5.23. The lowest BCUT2D eigenvalue weighted by Crippen LogP contribution is -2.35. The van der Waals surface area contributed by atoms with Crippen LogP contribution in [0.2, 0.25) is 0 Å². The Morgan fingerprint density at radius 2 is 2.39 bits per heavy atom. The Morgan fingerprint density at radius 3 is 3.11 bits per heavy atom. The van der Waals surface area contributed by atoms with Gasteiger partial charge in [0.15, 0.2) is 0 Å². The Kier molecular flexibility index (Phi) is 4.72. The Morgan fingerprint density at radius 1 is 1.56 bits per heavy atom.